The van der Waals surface area contributed by atoms with E-state index >= 15 is 0 Å². The van der Waals surface area contributed by atoms with Crippen molar-refractivity contribution >= 4 is 28.0 Å². The van der Waals surface area contributed by atoms with Gasteiger partial charge in [0.15, 0.2) is 6.61 Å². The Morgan fingerprint density at radius 2 is 1.92 bits per heavy atom. The van der Waals surface area contributed by atoms with Crippen molar-refractivity contribution < 1.29 is 9.53 Å². The maximum atomic E-state index is 12.1. The number of nitrogens with one attached hydrogen (secondary N) is 1. The van der Waals surface area contributed by atoms with Crippen molar-refractivity contribution in [3.63, 3.8) is 0 Å². The zero-order valence-corrected chi connectivity index (χ0v) is 13.8. The number of hydrogen-bond acceptors (Lipinski definition) is 3. The van der Waals surface area contributed by atoms with E-state index in [1.165, 1.54) is 0 Å². The molecule has 0 aliphatic carbocycles. The number of pyridine rings is 1. The Balaban J connectivity index is 1.42. The summed E-state index contributed by atoms with van der Waals surface area (Å²) in [6.07, 6.45) is 3.75. The number of imidazole rings is 1. The smallest absolute Gasteiger partial charge is 0.262 e. The molecule has 2 aromatic heterocycles. The van der Waals surface area contributed by atoms with Crippen LogP contribution in [-0.4, -0.2) is 21.9 Å². The van der Waals surface area contributed by atoms with Gasteiger partial charge >= 0.3 is 0 Å². The first-order chi connectivity index (χ1) is 12.2. The molecule has 0 spiro atoms. The number of amides is 1. The lowest BCUT2D eigenvalue weighted by Gasteiger charge is -2.08. The van der Waals surface area contributed by atoms with Gasteiger partial charge in [-0.05, 0) is 42.0 Å². The number of hydrogen-bond donors (Lipinski definition) is 1. The monoisotopic (exact) mass is 331 g/mol. The van der Waals surface area contributed by atoms with Crippen molar-refractivity contribution in [3.8, 4) is 5.75 Å². The number of aromatic nitrogens is 2. The molecule has 0 bridgehead atoms. The number of rotatable bonds is 4. The predicted molar refractivity (Wildman–Crippen MR) is 98.0 cm³/mol. The maximum Gasteiger partial charge on any atom is 0.262 e. The third-order valence-corrected chi connectivity index (χ3v) is 3.95. The van der Waals surface area contributed by atoms with Gasteiger partial charge < -0.3 is 14.5 Å². The standard InChI is InChI=1S/C20H17N3O2/c1-14-11-23-12-17(7-9-19(23)21-14)22-20(24)13-25-18-8-6-15-4-2-3-5-16(15)10-18/h2-12H,13H2,1H3,(H,22,24). The summed E-state index contributed by atoms with van der Waals surface area (Å²) in [5.74, 6) is 0.471. The molecular formula is C20H17N3O2. The van der Waals surface area contributed by atoms with Crippen LogP contribution in [0.2, 0.25) is 0 Å². The molecule has 124 valence electrons. The van der Waals surface area contributed by atoms with Crippen LogP contribution >= 0.6 is 0 Å². The van der Waals surface area contributed by atoms with Crippen LogP contribution in [0.1, 0.15) is 5.69 Å². The van der Waals surface area contributed by atoms with Gasteiger partial charge in [0, 0.05) is 12.4 Å². The lowest BCUT2D eigenvalue weighted by atomic mass is 10.1. The summed E-state index contributed by atoms with van der Waals surface area (Å²) in [5, 5.41) is 5.06. The molecule has 0 radical (unpaired) electrons. The predicted octanol–water partition coefficient (Wildman–Crippen LogP) is 3.81. The van der Waals surface area contributed by atoms with E-state index in [1.807, 2.05) is 78.3 Å². The summed E-state index contributed by atoms with van der Waals surface area (Å²) in [6.45, 7) is 1.89. The van der Waals surface area contributed by atoms with Crippen LogP contribution in [-0.2, 0) is 4.79 Å². The molecule has 0 saturated heterocycles. The third kappa shape index (κ3) is 3.30. The fraction of sp³-hybridized carbons (Fsp3) is 0.100. The number of benzene rings is 2. The van der Waals surface area contributed by atoms with Crippen LogP contribution in [0, 0.1) is 6.92 Å². The van der Waals surface area contributed by atoms with Crippen LogP contribution < -0.4 is 10.1 Å². The highest BCUT2D eigenvalue weighted by atomic mass is 16.5. The molecule has 0 aliphatic rings. The number of carbonyl (C=O) groups excluding carboxylic acids is 1. The zero-order chi connectivity index (χ0) is 17.2. The summed E-state index contributed by atoms with van der Waals surface area (Å²) in [7, 11) is 0. The summed E-state index contributed by atoms with van der Waals surface area (Å²) in [6, 6.07) is 17.5. The first-order valence-electron chi connectivity index (χ1n) is 8.04. The summed E-state index contributed by atoms with van der Waals surface area (Å²) in [5.41, 5.74) is 2.49. The summed E-state index contributed by atoms with van der Waals surface area (Å²) in [4.78, 5) is 16.5. The Hall–Kier alpha value is -3.34. The molecule has 0 unspecified atom stereocenters. The molecule has 2 heterocycles. The van der Waals surface area contributed by atoms with Gasteiger partial charge in [0.05, 0.1) is 11.4 Å². The Kier molecular flexibility index (Phi) is 3.82. The van der Waals surface area contributed by atoms with E-state index in [1.54, 1.807) is 0 Å². The van der Waals surface area contributed by atoms with Gasteiger partial charge in [0.25, 0.3) is 5.91 Å². The summed E-state index contributed by atoms with van der Waals surface area (Å²) < 4.78 is 7.49. The molecule has 5 nitrogen and oxygen atoms in total. The van der Waals surface area contributed by atoms with E-state index in [4.69, 9.17) is 4.74 Å². The molecule has 4 aromatic rings. The van der Waals surface area contributed by atoms with Crippen LogP contribution in [0.25, 0.3) is 16.4 Å². The largest absolute Gasteiger partial charge is 0.484 e. The average Bonchev–Trinajstić information content (AvgIpc) is 2.99. The van der Waals surface area contributed by atoms with Crippen LogP contribution in [0.4, 0.5) is 5.69 Å². The second-order valence-electron chi connectivity index (χ2n) is 5.91. The van der Waals surface area contributed by atoms with Crippen molar-refractivity contribution in [2.24, 2.45) is 0 Å². The molecule has 25 heavy (non-hydrogen) atoms. The molecule has 5 heteroatoms. The van der Waals surface area contributed by atoms with Crippen molar-refractivity contribution in [2.75, 3.05) is 11.9 Å². The normalized spacial score (nSPS) is 10.9. The number of ether oxygens (including phenoxy) is 1. The fourth-order valence-electron chi connectivity index (χ4n) is 2.80. The van der Waals surface area contributed by atoms with Crippen LogP contribution in [0.3, 0.4) is 0 Å². The van der Waals surface area contributed by atoms with E-state index in [-0.39, 0.29) is 12.5 Å². The van der Waals surface area contributed by atoms with Gasteiger partial charge in [-0.2, -0.15) is 0 Å². The van der Waals surface area contributed by atoms with Crippen molar-refractivity contribution in [3.05, 3.63) is 72.7 Å². The molecule has 4 rings (SSSR count). The number of fused-ring (bicyclic) bond motifs is 2. The molecule has 0 aliphatic heterocycles. The Labute approximate surface area is 144 Å². The first kappa shape index (κ1) is 15.2. The van der Waals surface area contributed by atoms with E-state index in [2.05, 4.69) is 10.3 Å². The van der Waals surface area contributed by atoms with Gasteiger partial charge in [-0.15, -0.1) is 0 Å². The minimum Gasteiger partial charge on any atom is -0.484 e. The van der Waals surface area contributed by atoms with Gasteiger partial charge in [-0.25, -0.2) is 4.98 Å². The number of nitrogens with zero attached hydrogens (tertiary/aromatic N) is 2. The van der Waals surface area contributed by atoms with Gasteiger partial charge in [0.2, 0.25) is 0 Å². The number of anilines is 1. The SMILES string of the molecule is Cc1cn2cc(NC(=O)COc3ccc4ccccc4c3)ccc2n1. The summed E-state index contributed by atoms with van der Waals surface area (Å²) >= 11 is 0. The van der Waals surface area contributed by atoms with E-state index in [0.29, 0.717) is 11.4 Å². The minimum absolute atomic E-state index is 0.0423. The van der Waals surface area contributed by atoms with Crippen molar-refractivity contribution in [1.29, 1.82) is 0 Å². The van der Waals surface area contributed by atoms with Gasteiger partial charge in [-0.1, -0.05) is 30.3 Å². The Bertz CT molecular complexity index is 1070. The molecular weight excluding hydrogens is 314 g/mol. The molecule has 2 aromatic carbocycles. The second-order valence-corrected chi connectivity index (χ2v) is 5.91. The van der Waals surface area contributed by atoms with Crippen LogP contribution in [0.15, 0.2) is 67.0 Å². The lowest BCUT2D eigenvalue weighted by molar-refractivity contribution is -0.118. The van der Waals surface area contributed by atoms with Gasteiger partial charge in [-0.3, -0.25) is 4.79 Å². The Morgan fingerprint density at radius 3 is 2.80 bits per heavy atom. The average molecular weight is 331 g/mol. The third-order valence-electron chi connectivity index (χ3n) is 3.95. The number of aryl methyl sites for hydroxylation is 1. The minimum atomic E-state index is -0.204. The van der Waals surface area contributed by atoms with E-state index in [0.717, 1.165) is 22.1 Å². The molecule has 1 amide bonds. The molecule has 0 atom stereocenters. The van der Waals surface area contributed by atoms with Crippen molar-refractivity contribution in [2.45, 2.75) is 6.92 Å². The quantitative estimate of drug-likeness (QED) is 0.618. The molecule has 1 N–H and O–H groups in total. The van der Waals surface area contributed by atoms with Crippen LogP contribution in [0.5, 0.6) is 5.75 Å². The van der Waals surface area contributed by atoms with Gasteiger partial charge in [0.1, 0.15) is 11.4 Å². The molecule has 0 fully saturated rings. The lowest BCUT2D eigenvalue weighted by Crippen LogP contribution is -2.20. The second kappa shape index (κ2) is 6.28. The Morgan fingerprint density at radius 1 is 1.08 bits per heavy atom. The maximum absolute atomic E-state index is 12.1. The number of carbonyl (C=O) groups is 1. The van der Waals surface area contributed by atoms with E-state index < -0.39 is 0 Å². The molecule has 0 saturated carbocycles. The van der Waals surface area contributed by atoms with Crippen molar-refractivity contribution in [1.82, 2.24) is 9.38 Å². The van der Waals surface area contributed by atoms with E-state index in [9.17, 15) is 4.79 Å². The first-order valence-corrected chi connectivity index (χ1v) is 8.04. The highest BCUT2D eigenvalue weighted by molar-refractivity contribution is 5.92. The topological polar surface area (TPSA) is 55.6 Å². The highest BCUT2D eigenvalue weighted by Gasteiger charge is 2.06. The zero-order valence-electron chi connectivity index (χ0n) is 13.8. The fourth-order valence-corrected chi connectivity index (χ4v) is 2.80. The highest BCUT2D eigenvalue weighted by Crippen LogP contribution is 2.20.